The van der Waals surface area contributed by atoms with Crippen LogP contribution in [0.1, 0.15) is 36.9 Å². The molecule has 0 spiro atoms. The summed E-state index contributed by atoms with van der Waals surface area (Å²) in [7, 11) is 0. The zero-order valence-corrected chi connectivity index (χ0v) is 10.7. The van der Waals surface area contributed by atoms with Gasteiger partial charge in [0.1, 0.15) is 0 Å². The Labute approximate surface area is 103 Å². The van der Waals surface area contributed by atoms with Gasteiger partial charge in [-0.15, -0.1) is 0 Å². The van der Waals surface area contributed by atoms with Crippen LogP contribution < -0.4 is 0 Å². The molecule has 1 aromatic heterocycles. The van der Waals surface area contributed by atoms with E-state index in [2.05, 4.69) is 25.9 Å². The normalized spacial score (nSPS) is 19.8. The van der Waals surface area contributed by atoms with Crippen molar-refractivity contribution in [2.24, 2.45) is 4.99 Å². The fraction of sp³-hybridized carbons (Fsp3) is 0.417. The van der Waals surface area contributed by atoms with E-state index in [0.29, 0.717) is 0 Å². The van der Waals surface area contributed by atoms with Crippen LogP contribution >= 0.6 is 15.9 Å². The van der Waals surface area contributed by atoms with Gasteiger partial charge in [0.05, 0.1) is 12.3 Å². The molecule has 1 unspecified atom stereocenters. The highest BCUT2D eigenvalue weighted by Gasteiger charge is 2.21. The molecule has 0 radical (unpaired) electrons. The maximum absolute atomic E-state index is 10.9. The summed E-state index contributed by atoms with van der Waals surface area (Å²) in [6.07, 6.45) is 8.26. The van der Waals surface area contributed by atoms with Gasteiger partial charge < -0.3 is 0 Å². The first-order valence-corrected chi connectivity index (χ1v) is 6.14. The number of Topliss-reactive ketones (excluding diaryl/α,β-unsaturated/α-hetero) is 1. The van der Waals surface area contributed by atoms with Crippen LogP contribution in [0.2, 0.25) is 0 Å². The lowest BCUT2D eigenvalue weighted by atomic mass is 9.89. The fourth-order valence-electron chi connectivity index (χ4n) is 2.01. The number of rotatable bonds is 2. The third-order valence-corrected chi connectivity index (χ3v) is 3.42. The maximum Gasteiger partial charge on any atom is 0.170 e. The Morgan fingerprint density at radius 2 is 2.44 bits per heavy atom. The van der Waals surface area contributed by atoms with Gasteiger partial charge in [-0.05, 0) is 46.3 Å². The van der Waals surface area contributed by atoms with Crippen LogP contribution in [0, 0.1) is 0 Å². The Balaban J connectivity index is 2.33. The number of aliphatic imine (C=N–C) groups is 1. The van der Waals surface area contributed by atoms with Gasteiger partial charge in [0.25, 0.3) is 0 Å². The minimum atomic E-state index is -0.00456. The maximum atomic E-state index is 10.9. The van der Waals surface area contributed by atoms with E-state index in [9.17, 15) is 4.79 Å². The summed E-state index contributed by atoms with van der Waals surface area (Å²) in [4.78, 5) is 19.4. The van der Waals surface area contributed by atoms with E-state index in [1.54, 1.807) is 0 Å². The van der Waals surface area contributed by atoms with E-state index < -0.39 is 0 Å². The Kier molecular flexibility index (Phi) is 3.49. The highest BCUT2D eigenvalue weighted by Crippen LogP contribution is 2.35. The van der Waals surface area contributed by atoms with Crippen molar-refractivity contribution < 1.29 is 4.79 Å². The van der Waals surface area contributed by atoms with Crippen LogP contribution in [-0.2, 0) is 11.2 Å². The van der Waals surface area contributed by atoms with Crippen molar-refractivity contribution in [3.63, 3.8) is 0 Å². The molecule has 0 aromatic carbocycles. The molecular formula is C12H13BrN2O. The van der Waals surface area contributed by atoms with E-state index in [1.807, 2.05) is 12.4 Å². The number of carbonyl (C=O) groups is 1. The summed E-state index contributed by atoms with van der Waals surface area (Å²) >= 11 is 3.51. The second-order valence-corrected chi connectivity index (χ2v) is 4.84. The van der Waals surface area contributed by atoms with Gasteiger partial charge in [0.15, 0.2) is 5.78 Å². The first kappa shape index (κ1) is 11.5. The minimum Gasteiger partial charge on any atom is -0.293 e. The first-order chi connectivity index (χ1) is 7.68. The van der Waals surface area contributed by atoms with Crippen molar-refractivity contribution in [2.45, 2.75) is 32.2 Å². The molecule has 0 aliphatic heterocycles. The van der Waals surface area contributed by atoms with E-state index >= 15 is 0 Å². The summed E-state index contributed by atoms with van der Waals surface area (Å²) in [6.45, 7) is 1.52. The SMILES string of the molecule is CC(=O)C=NC1CCCc2c(Br)cncc21. The molecule has 16 heavy (non-hydrogen) atoms. The Morgan fingerprint density at radius 1 is 1.62 bits per heavy atom. The van der Waals surface area contributed by atoms with Gasteiger partial charge in [-0.1, -0.05) is 0 Å². The minimum absolute atomic E-state index is 0.00456. The van der Waals surface area contributed by atoms with Crippen LogP contribution in [0.5, 0.6) is 0 Å². The molecule has 0 fully saturated rings. The average Bonchev–Trinajstić information content (AvgIpc) is 2.27. The molecule has 3 nitrogen and oxygen atoms in total. The Bertz CT molecular complexity index is 443. The molecule has 1 heterocycles. The Morgan fingerprint density at radius 3 is 3.19 bits per heavy atom. The van der Waals surface area contributed by atoms with Crippen molar-refractivity contribution in [3.8, 4) is 0 Å². The summed E-state index contributed by atoms with van der Waals surface area (Å²) < 4.78 is 1.05. The number of pyridine rings is 1. The van der Waals surface area contributed by atoms with E-state index in [4.69, 9.17) is 0 Å². The Hall–Kier alpha value is -1.03. The van der Waals surface area contributed by atoms with Crippen molar-refractivity contribution in [2.75, 3.05) is 0 Å². The number of hydrogen-bond acceptors (Lipinski definition) is 3. The molecule has 84 valence electrons. The van der Waals surface area contributed by atoms with Gasteiger partial charge in [-0.25, -0.2) is 0 Å². The zero-order chi connectivity index (χ0) is 11.5. The number of fused-ring (bicyclic) bond motifs is 1. The standard InChI is InChI=1S/C12H13BrN2O/c1-8(16)5-15-12-4-2-3-9-10(12)6-14-7-11(9)13/h5-7,12H,2-4H2,1H3. The quantitative estimate of drug-likeness (QED) is 0.782. The lowest BCUT2D eigenvalue weighted by molar-refractivity contribution is -0.110. The van der Waals surface area contributed by atoms with Gasteiger partial charge >= 0.3 is 0 Å². The molecule has 1 aliphatic carbocycles. The fourth-order valence-corrected chi connectivity index (χ4v) is 2.55. The largest absolute Gasteiger partial charge is 0.293 e. The number of hydrogen-bond donors (Lipinski definition) is 0. The smallest absolute Gasteiger partial charge is 0.170 e. The van der Waals surface area contributed by atoms with Gasteiger partial charge in [0, 0.05) is 23.8 Å². The molecule has 0 saturated carbocycles. The number of aromatic nitrogens is 1. The molecule has 0 saturated heterocycles. The molecular weight excluding hydrogens is 268 g/mol. The molecule has 1 aromatic rings. The monoisotopic (exact) mass is 280 g/mol. The molecule has 4 heteroatoms. The third-order valence-electron chi connectivity index (χ3n) is 2.74. The van der Waals surface area contributed by atoms with Crippen LogP contribution in [0.25, 0.3) is 0 Å². The first-order valence-electron chi connectivity index (χ1n) is 5.34. The molecule has 0 N–H and O–H groups in total. The summed E-state index contributed by atoms with van der Waals surface area (Å²) in [6, 6.07) is 0.0950. The van der Waals surface area contributed by atoms with Crippen LogP contribution in [0.3, 0.4) is 0 Å². The van der Waals surface area contributed by atoms with Crippen LogP contribution in [0.15, 0.2) is 21.9 Å². The molecule has 1 atom stereocenters. The van der Waals surface area contributed by atoms with E-state index in [0.717, 1.165) is 29.3 Å². The highest BCUT2D eigenvalue weighted by molar-refractivity contribution is 9.10. The highest BCUT2D eigenvalue weighted by atomic mass is 79.9. The molecule has 0 amide bonds. The van der Waals surface area contributed by atoms with Crippen LogP contribution in [0.4, 0.5) is 0 Å². The molecule has 1 aliphatic rings. The predicted octanol–water partition coefficient (Wildman–Crippen LogP) is 2.88. The number of carbonyl (C=O) groups excluding carboxylic acids is 1. The zero-order valence-electron chi connectivity index (χ0n) is 9.11. The van der Waals surface area contributed by atoms with Crippen molar-refractivity contribution in [1.29, 1.82) is 0 Å². The second-order valence-electron chi connectivity index (χ2n) is 3.99. The van der Waals surface area contributed by atoms with Crippen molar-refractivity contribution in [3.05, 3.63) is 28.0 Å². The summed E-state index contributed by atoms with van der Waals surface area (Å²) in [5.41, 5.74) is 2.44. The average molecular weight is 281 g/mol. The number of halogens is 1. The van der Waals surface area contributed by atoms with E-state index in [1.165, 1.54) is 18.7 Å². The predicted molar refractivity (Wildman–Crippen MR) is 66.8 cm³/mol. The third kappa shape index (κ3) is 2.38. The molecule has 2 rings (SSSR count). The van der Waals surface area contributed by atoms with Crippen LogP contribution in [-0.4, -0.2) is 17.0 Å². The van der Waals surface area contributed by atoms with Crippen molar-refractivity contribution >= 4 is 27.9 Å². The topological polar surface area (TPSA) is 42.3 Å². The van der Waals surface area contributed by atoms with Gasteiger partial charge in [-0.3, -0.25) is 14.8 Å². The van der Waals surface area contributed by atoms with Gasteiger partial charge in [0.2, 0.25) is 0 Å². The molecule has 0 bridgehead atoms. The van der Waals surface area contributed by atoms with Crippen molar-refractivity contribution in [1.82, 2.24) is 4.98 Å². The summed E-state index contributed by atoms with van der Waals surface area (Å²) in [5, 5.41) is 0. The van der Waals surface area contributed by atoms with E-state index in [-0.39, 0.29) is 11.8 Å². The second kappa shape index (κ2) is 4.87. The summed E-state index contributed by atoms with van der Waals surface area (Å²) in [5.74, 6) is -0.00456. The lowest BCUT2D eigenvalue weighted by Crippen LogP contribution is -2.10. The lowest BCUT2D eigenvalue weighted by Gasteiger charge is -2.22. The number of ketones is 1. The van der Waals surface area contributed by atoms with Gasteiger partial charge in [-0.2, -0.15) is 0 Å². The number of nitrogens with zero attached hydrogens (tertiary/aromatic N) is 2.